The summed E-state index contributed by atoms with van der Waals surface area (Å²) < 4.78 is 0. The Labute approximate surface area is 89.9 Å². The lowest BCUT2D eigenvalue weighted by atomic mass is 9.80. The van der Waals surface area contributed by atoms with Crippen LogP contribution in [0.15, 0.2) is 17.1 Å². The van der Waals surface area contributed by atoms with Crippen LogP contribution in [0.1, 0.15) is 50.8 Å². The highest BCUT2D eigenvalue weighted by molar-refractivity contribution is 4.99. The van der Waals surface area contributed by atoms with Gasteiger partial charge in [0.25, 0.3) is 5.56 Å². The molecule has 82 valence electrons. The highest BCUT2D eigenvalue weighted by Gasteiger charge is 2.23. The lowest BCUT2D eigenvalue weighted by Crippen LogP contribution is -2.18. The summed E-state index contributed by atoms with van der Waals surface area (Å²) in [5, 5.41) is 0. The fourth-order valence-electron chi connectivity index (χ4n) is 2.50. The maximum Gasteiger partial charge on any atom is 0.250 e. The van der Waals surface area contributed by atoms with Crippen LogP contribution >= 0.6 is 0 Å². The van der Waals surface area contributed by atoms with E-state index in [4.69, 9.17) is 0 Å². The van der Waals surface area contributed by atoms with Crippen LogP contribution in [0, 0.1) is 5.92 Å². The summed E-state index contributed by atoms with van der Waals surface area (Å²) in [5.74, 6) is 2.17. The standard InChI is InChI=1S/C12H18N2O/c1-2-9-4-3-5-10(8-9)12-13-7-6-11(15)14-12/h6-7,9-10H,2-5,8H2,1H3,(H,13,14,15). The molecule has 15 heavy (non-hydrogen) atoms. The Kier molecular flexibility index (Phi) is 3.19. The fraction of sp³-hybridized carbons (Fsp3) is 0.667. The third-order valence-corrected chi connectivity index (χ3v) is 3.44. The molecule has 1 aromatic rings. The van der Waals surface area contributed by atoms with E-state index in [1.807, 2.05) is 0 Å². The Balaban J connectivity index is 2.13. The largest absolute Gasteiger partial charge is 0.310 e. The van der Waals surface area contributed by atoms with Gasteiger partial charge in [0.05, 0.1) is 0 Å². The maximum atomic E-state index is 11.2. The summed E-state index contributed by atoms with van der Waals surface area (Å²) in [6.07, 6.45) is 7.82. The molecule has 0 amide bonds. The molecule has 1 heterocycles. The van der Waals surface area contributed by atoms with Crippen LogP contribution in [0.5, 0.6) is 0 Å². The van der Waals surface area contributed by atoms with Gasteiger partial charge in [-0.1, -0.05) is 26.2 Å². The van der Waals surface area contributed by atoms with Crippen LogP contribution < -0.4 is 5.56 Å². The van der Waals surface area contributed by atoms with Crippen molar-refractivity contribution >= 4 is 0 Å². The summed E-state index contributed by atoms with van der Waals surface area (Å²) >= 11 is 0. The average Bonchev–Trinajstić information content (AvgIpc) is 2.29. The molecule has 0 aromatic carbocycles. The van der Waals surface area contributed by atoms with E-state index in [0.717, 1.165) is 11.7 Å². The third kappa shape index (κ3) is 2.46. The molecule has 1 aliphatic carbocycles. The average molecular weight is 206 g/mol. The first-order valence-electron chi connectivity index (χ1n) is 5.84. The van der Waals surface area contributed by atoms with E-state index >= 15 is 0 Å². The van der Waals surface area contributed by atoms with E-state index in [1.165, 1.54) is 38.2 Å². The molecular weight excluding hydrogens is 188 g/mol. The minimum Gasteiger partial charge on any atom is -0.310 e. The van der Waals surface area contributed by atoms with E-state index in [1.54, 1.807) is 6.20 Å². The van der Waals surface area contributed by atoms with Crippen LogP contribution in [0.25, 0.3) is 0 Å². The number of aromatic nitrogens is 2. The van der Waals surface area contributed by atoms with Crippen LogP contribution in [-0.4, -0.2) is 9.97 Å². The van der Waals surface area contributed by atoms with Gasteiger partial charge in [-0.3, -0.25) is 4.79 Å². The van der Waals surface area contributed by atoms with Crippen molar-refractivity contribution in [3.05, 3.63) is 28.4 Å². The number of rotatable bonds is 2. The molecule has 2 unspecified atom stereocenters. The van der Waals surface area contributed by atoms with Crippen molar-refractivity contribution in [1.82, 2.24) is 9.97 Å². The number of hydrogen-bond acceptors (Lipinski definition) is 2. The smallest absolute Gasteiger partial charge is 0.250 e. The second kappa shape index (κ2) is 4.60. The van der Waals surface area contributed by atoms with Crippen LogP contribution in [0.4, 0.5) is 0 Å². The summed E-state index contributed by atoms with van der Waals surface area (Å²) in [4.78, 5) is 18.3. The Morgan fingerprint density at radius 1 is 1.53 bits per heavy atom. The molecule has 1 N–H and O–H groups in total. The van der Waals surface area contributed by atoms with Crippen molar-refractivity contribution in [1.29, 1.82) is 0 Å². The third-order valence-electron chi connectivity index (χ3n) is 3.44. The second-order valence-corrected chi connectivity index (χ2v) is 4.46. The van der Waals surface area contributed by atoms with Crippen molar-refractivity contribution in [3.8, 4) is 0 Å². The minimum absolute atomic E-state index is 0.0291. The van der Waals surface area contributed by atoms with E-state index in [9.17, 15) is 4.79 Å². The molecule has 3 nitrogen and oxygen atoms in total. The minimum atomic E-state index is -0.0291. The van der Waals surface area contributed by atoms with Gasteiger partial charge in [-0.25, -0.2) is 4.98 Å². The highest BCUT2D eigenvalue weighted by atomic mass is 16.1. The molecule has 0 aliphatic heterocycles. The molecule has 1 saturated carbocycles. The zero-order valence-corrected chi connectivity index (χ0v) is 9.20. The normalized spacial score (nSPS) is 26.5. The topological polar surface area (TPSA) is 45.8 Å². The molecule has 1 fully saturated rings. The van der Waals surface area contributed by atoms with Crippen LogP contribution in [-0.2, 0) is 0 Å². The predicted molar refractivity (Wildman–Crippen MR) is 59.8 cm³/mol. The number of H-pyrrole nitrogens is 1. The number of nitrogens with one attached hydrogen (secondary N) is 1. The Bertz CT molecular complexity index is 372. The van der Waals surface area contributed by atoms with Gasteiger partial charge in [0.2, 0.25) is 0 Å². The summed E-state index contributed by atoms with van der Waals surface area (Å²) in [5.41, 5.74) is -0.0291. The first-order valence-corrected chi connectivity index (χ1v) is 5.84. The van der Waals surface area contributed by atoms with E-state index < -0.39 is 0 Å². The molecule has 1 aromatic heterocycles. The Morgan fingerprint density at radius 3 is 3.13 bits per heavy atom. The van der Waals surface area contributed by atoms with Gasteiger partial charge in [-0.05, 0) is 18.8 Å². The Hall–Kier alpha value is -1.12. The number of aromatic amines is 1. The van der Waals surface area contributed by atoms with Gasteiger partial charge < -0.3 is 4.98 Å². The highest BCUT2D eigenvalue weighted by Crippen LogP contribution is 2.35. The molecular formula is C12H18N2O. The quantitative estimate of drug-likeness (QED) is 0.807. The maximum absolute atomic E-state index is 11.2. The van der Waals surface area contributed by atoms with Gasteiger partial charge in [0.1, 0.15) is 5.82 Å². The predicted octanol–water partition coefficient (Wildman–Crippen LogP) is 2.45. The van der Waals surface area contributed by atoms with Crippen LogP contribution in [0.3, 0.4) is 0 Å². The van der Waals surface area contributed by atoms with E-state index in [2.05, 4.69) is 16.9 Å². The van der Waals surface area contributed by atoms with Crippen molar-refractivity contribution < 1.29 is 0 Å². The zero-order valence-electron chi connectivity index (χ0n) is 9.20. The van der Waals surface area contributed by atoms with Crippen molar-refractivity contribution in [2.75, 3.05) is 0 Å². The van der Waals surface area contributed by atoms with Gasteiger partial charge in [-0.15, -0.1) is 0 Å². The zero-order chi connectivity index (χ0) is 10.7. The van der Waals surface area contributed by atoms with E-state index in [-0.39, 0.29) is 5.56 Å². The van der Waals surface area contributed by atoms with Crippen molar-refractivity contribution in [2.24, 2.45) is 5.92 Å². The van der Waals surface area contributed by atoms with Gasteiger partial charge in [0, 0.05) is 18.2 Å². The van der Waals surface area contributed by atoms with Gasteiger partial charge in [-0.2, -0.15) is 0 Å². The lowest BCUT2D eigenvalue weighted by molar-refractivity contribution is 0.307. The van der Waals surface area contributed by atoms with Crippen molar-refractivity contribution in [2.45, 2.75) is 44.9 Å². The van der Waals surface area contributed by atoms with E-state index in [0.29, 0.717) is 5.92 Å². The second-order valence-electron chi connectivity index (χ2n) is 4.46. The molecule has 2 rings (SSSR count). The molecule has 2 atom stereocenters. The SMILES string of the molecule is CCC1CCCC(c2nccc(=O)[nH]2)C1. The fourth-order valence-corrected chi connectivity index (χ4v) is 2.50. The number of nitrogens with zero attached hydrogens (tertiary/aromatic N) is 1. The molecule has 0 bridgehead atoms. The van der Waals surface area contributed by atoms with Gasteiger partial charge >= 0.3 is 0 Å². The molecule has 0 saturated heterocycles. The van der Waals surface area contributed by atoms with Gasteiger partial charge in [0.15, 0.2) is 0 Å². The first-order chi connectivity index (χ1) is 7.29. The van der Waals surface area contributed by atoms with Crippen LogP contribution in [0.2, 0.25) is 0 Å². The molecule has 1 aliphatic rings. The summed E-state index contributed by atoms with van der Waals surface area (Å²) in [6, 6.07) is 1.48. The number of hydrogen-bond donors (Lipinski definition) is 1. The summed E-state index contributed by atoms with van der Waals surface area (Å²) in [6.45, 7) is 2.24. The summed E-state index contributed by atoms with van der Waals surface area (Å²) in [7, 11) is 0. The Morgan fingerprint density at radius 2 is 2.40 bits per heavy atom. The first kappa shape index (κ1) is 10.4. The molecule has 0 radical (unpaired) electrons. The molecule has 0 spiro atoms. The lowest BCUT2D eigenvalue weighted by Gasteiger charge is -2.27. The molecule has 3 heteroatoms. The van der Waals surface area contributed by atoms with Crippen molar-refractivity contribution in [3.63, 3.8) is 0 Å². The monoisotopic (exact) mass is 206 g/mol.